The molecular formula is C58H66N6O4. The van der Waals surface area contributed by atoms with Gasteiger partial charge in [-0.25, -0.2) is 0 Å². The molecule has 352 valence electrons. The van der Waals surface area contributed by atoms with Crippen LogP contribution in [-0.4, -0.2) is 61.2 Å². The van der Waals surface area contributed by atoms with Crippen molar-refractivity contribution in [2.75, 3.05) is 7.05 Å². The number of pyridine rings is 2. The minimum Gasteiger partial charge on any atom is -0.489 e. The molecule has 9 rings (SSSR count). The number of aryl methyl sites for hydroxylation is 1. The maximum atomic E-state index is 13.0. The van der Waals surface area contributed by atoms with Crippen LogP contribution in [0.15, 0.2) is 128 Å². The van der Waals surface area contributed by atoms with E-state index in [4.69, 9.17) is 9.72 Å². The maximum absolute atomic E-state index is 13.0. The molecule has 3 aromatic heterocycles. The second kappa shape index (κ2) is 22.1. The predicted molar refractivity (Wildman–Crippen MR) is 276 cm³/mol. The Bertz CT molecular complexity index is 2910. The minimum atomic E-state index is -0.712. The van der Waals surface area contributed by atoms with E-state index in [9.17, 15) is 14.4 Å². The molecule has 1 saturated heterocycles. The number of piperidine rings is 1. The van der Waals surface area contributed by atoms with Crippen molar-refractivity contribution >= 4 is 51.3 Å². The lowest BCUT2D eigenvalue weighted by atomic mass is 9.78. The number of nitrogens with one attached hydrogen (secondary N) is 1. The molecule has 1 N–H and O–H groups in total. The van der Waals surface area contributed by atoms with E-state index in [0.29, 0.717) is 29.5 Å². The van der Waals surface area contributed by atoms with Crippen LogP contribution >= 0.6 is 0 Å². The van der Waals surface area contributed by atoms with E-state index in [1.54, 1.807) is 6.08 Å². The number of amides is 3. The SMILES string of the molecule is C=C=C1c2ccc(/C=C\CC(C)CC)cc2C(=O)N1C1CCC(=O)NC1=O.C=CC#CN(C)/C=C(\C=C/C)OC1CC(C2CC2c2ccc(-c3ccc4c5cnccc5n(C)c4c3)cn2)C1.CC.[HH]. The third-order valence-corrected chi connectivity index (χ3v) is 13.4. The number of carbonyl (C=O) groups is 3. The second-order valence-corrected chi connectivity index (χ2v) is 17.9. The van der Waals surface area contributed by atoms with Gasteiger partial charge < -0.3 is 14.2 Å². The van der Waals surface area contributed by atoms with E-state index in [1.165, 1.54) is 44.4 Å². The minimum absolute atomic E-state index is 0. The highest BCUT2D eigenvalue weighted by Crippen LogP contribution is 2.57. The van der Waals surface area contributed by atoms with E-state index < -0.39 is 11.9 Å². The van der Waals surface area contributed by atoms with Gasteiger partial charge in [0.05, 0.1) is 29.1 Å². The van der Waals surface area contributed by atoms with Crippen molar-refractivity contribution in [1.82, 2.24) is 29.7 Å². The van der Waals surface area contributed by atoms with Gasteiger partial charge in [0, 0.05) is 85.6 Å². The van der Waals surface area contributed by atoms with E-state index in [-0.39, 0.29) is 25.8 Å². The quantitative estimate of drug-likeness (QED) is 0.0331. The lowest BCUT2D eigenvalue weighted by Gasteiger charge is -2.36. The van der Waals surface area contributed by atoms with Crippen molar-refractivity contribution in [2.45, 2.75) is 97.6 Å². The third-order valence-electron chi connectivity index (χ3n) is 13.4. The summed E-state index contributed by atoms with van der Waals surface area (Å²) in [6.07, 6.45) is 23.9. The van der Waals surface area contributed by atoms with Crippen LogP contribution in [0.4, 0.5) is 0 Å². The van der Waals surface area contributed by atoms with Crippen molar-refractivity contribution in [3.63, 3.8) is 0 Å². The normalized spacial score (nSPS) is 21.1. The Morgan fingerprint density at radius 2 is 1.81 bits per heavy atom. The number of rotatable bonds is 12. The molecule has 68 heavy (non-hydrogen) atoms. The molecule has 0 radical (unpaired) electrons. The predicted octanol–water partition coefficient (Wildman–Crippen LogP) is 12.0. The fraction of sp³-hybridized carbons (Fsp3) is 0.345. The van der Waals surface area contributed by atoms with Crippen LogP contribution in [-0.2, 0) is 21.4 Å². The number of benzene rings is 2. The summed E-state index contributed by atoms with van der Waals surface area (Å²) in [7, 11) is 4.04. The fourth-order valence-electron chi connectivity index (χ4n) is 9.42. The second-order valence-electron chi connectivity index (χ2n) is 17.9. The molecule has 4 atom stereocenters. The van der Waals surface area contributed by atoms with Gasteiger partial charge in [0.25, 0.3) is 5.91 Å². The van der Waals surface area contributed by atoms with E-state index >= 15 is 0 Å². The first-order valence-corrected chi connectivity index (χ1v) is 24.0. The molecule has 0 bridgehead atoms. The molecule has 2 aromatic carbocycles. The number of hydrogen-bond donors (Lipinski definition) is 1. The fourth-order valence-corrected chi connectivity index (χ4v) is 9.42. The molecule has 2 aliphatic carbocycles. The summed E-state index contributed by atoms with van der Waals surface area (Å²) >= 11 is 0. The van der Waals surface area contributed by atoms with Crippen LogP contribution in [0.1, 0.15) is 114 Å². The van der Waals surface area contributed by atoms with Crippen molar-refractivity contribution in [3.05, 3.63) is 151 Å². The van der Waals surface area contributed by atoms with Gasteiger partial charge in [-0.3, -0.25) is 34.6 Å². The zero-order valence-electron chi connectivity index (χ0n) is 40.6. The molecule has 4 aliphatic rings. The largest absolute Gasteiger partial charge is 0.489 e. The van der Waals surface area contributed by atoms with Crippen molar-refractivity contribution in [2.24, 2.45) is 24.8 Å². The molecule has 4 unspecified atom stereocenters. The average molecular weight is 911 g/mol. The summed E-state index contributed by atoms with van der Waals surface area (Å²) in [6.45, 7) is 17.7. The Balaban J connectivity index is 0.000000230. The van der Waals surface area contributed by atoms with Gasteiger partial charge in [-0.1, -0.05) is 102 Å². The van der Waals surface area contributed by atoms with Crippen LogP contribution in [0.3, 0.4) is 0 Å². The highest BCUT2D eigenvalue weighted by molar-refractivity contribution is 6.13. The first-order chi connectivity index (χ1) is 33.0. The molecule has 3 fully saturated rings. The lowest BCUT2D eigenvalue weighted by molar-refractivity contribution is -0.136. The Morgan fingerprint density at radius 3 is 2.51 bits per heavy atom. The van der Waals surface area contributed by atoms with Crippen LogP contribution in [0.5, 0.6) is 0 Å². The maximum Gasteiger partial charge on any atom is 0.260 e. The highest BCUT2D eigenvalue weighted by atomic mass is 16.5. The Hall–Kier alpha value is -7.21. The first kappa shape index (κ1) is 48.7. The first-order valence-electron chi connectivity index (χ1n) is 24.0. The topological polar surface area (TPSA) is 110 Å². The van der Waals surface area contributed by atoms with Crippen molar-refractivity contribution in [3.8, 4) is 23.1 Å². The molecular weight excluding hydrogens is 845 g/mol. The third kappa shape index (κ3) is 10.6. The molecule has 10 nitrogen and oxygen atoms in total. The molecule has 2 aliphatic heterocycles. The molecule has 3 amide bonds. The number of nitrogens with zero attached hydrogens (tertiary/aromatic N) is 5. The van der Waals surface area contributed by atoms with Gasteiger partial charge in [-0.05, 0) is 104 Å². The van der Waals surface area contributed by atoms with Gasteiger partial charge in [0.15, 0.2) is 0 Å². The molecule has 10 heteroatoms. The van der Waals surface area contributed by atoms with Crippen molar-refractivity contribution in [1.29, 1.82) is 0 Å². The van der Waals surface area contributed by atoms with Gasteiger partial charge >= 0.3 is 0 Å². The van der Waals surface area contributed by atoms with Gasteiger partial charge in [0.2, 0.25) is 11.8 Å². The number of imide groups is 1. The van der Waals surface area contributed by atoms with E-state index in [0.717, 1.165) is 60.0 Å². The number of fused-ring (bicyclic) bond motifs is 4. The standard InChI is InChI=1S/C34H34N4O.C22H24N2O3.C2H6.H2/c1-5-7-15-37(3)22-26(8-6-2)39-27-16-25(17-27)29-19-30(29)32-12-10-24(20-36-32)23-9-11-28-31-21-35-14-13-33(31)38(4)34(28)18-23;1-4-14(3)7-6-8-15-9-10-16-17(13-15)22(27)24(18(16)5-2)19-11-12-20(25)23-21(19)26;1-2;/h5-6,8-14,18,20-22,25,27,29-30H,1,16-17,19H2,2-4H3;6,8-10,13-14,19H,2,4,7,11-12H2,1,3H3,(H,23,25,26);1-2H3;1H/b8-6-,26-22+;8-6-;;. The number of carbonyl (C=O) groups excluding carboxylic acids is 3. The van der Waals surface area contributed by atoms with Crippen LogP contribution in [0.2, 0.25) is 0 Å². The Labute approximate surface area is 403 Å². The van der Waals surface area contributed by atoms with Crippen LogP contribution in [0.25, 0.3) is 44.7 Å². The number of hydrogen-bond acceptors (Lipinski definition) is 7. The summed E-state index contributed by atoms with van der Waals surface area (Å²) in [6, 6.07) is 21.1. The number of ether oxygens (including phenoxy) is 1. The van der Waals surface area contributed by atoms with Gasteiger partial charge in [-0.15, -0.1) is 5.73 Å². The zero-order valence-corrected chi connectivity index (χ0v) is 40.6. The van der Waals surface area contributed by atoms with Gasteiger partial charge in [0.1, 0.15) is 11.8 Å². The highest BCUT2D eigenvalue weighted by Gasteiger charge is 2.50. The summed E-state index contributed by atoms with van der Waals surface area (Å²) in [5.74, 6) is 5.34. The van der Waals surface area contributed by atoms with Crippen molar-refractivity contribution < 1.29 is 20.5 Å². The summed E-state index contributed by atoms with van der Waals surface area (Å²) < 4.78 is 8.51. The molecule has 2 saturated carbocycles. The van der Waals surface area contributed by atoms with Gasteiger partial charge in [-0.2, -0.15) is 0 Å². The number of aromatic nitrogens is 3. The summed E-state index contributed by atoms with van der Waals surface area (Å²) in [4.78, 5) is 49.2. The molecule has 5 heterocycles. The lowest BCUT2D eigenvalue weighted by Crippen LogP contribution is -2.52. The van der Waals surface area contributed by atoms with Crippen LogP contribution < -0.4 is 5.32 Å². The Kier molecular flexibility index (Phi) is 15.8. The monoisotopic (exact) mass is 911 g/mol. The van der Waals surface area contributed by atoms with E-state index in [1.807, 2.05) is 93.9 Å². The molecule has 0 spiro atoms. The summed E-state index contributed by atoms with van der Waals surface area (Å²) in [5.41, 5.74) is 11.5. The van der Waals surface area contributed by atoms with E-state index in [2.05, 4.69) is 109 Å². The number of allylic oxidation sites excluding steroid dienone is 4. The zero-order chi connectivity index (χ0) is 48.5. The Morgan fingerprint density at radius 1 is 1.01 bits per heavy atom. The average Bonchev–Trinajstić information content (AvgIpc) is 4.01. The summed E-state index contributed by atoms with van der Waals surface area (Å²) in [5, 5.41) is 4.74. The molecule has 5 aromatic rings. The van der Waals surface area contributed by atoms with Crippen LogP contribution in [0, 0.1) is 29.7 Å². The smallest absolute Gasteiger partial charge is 0.260 e.